The Labute approximate surface area is 116 Å². The molecule has 20 heavy (non-hydrogen) atoms. The van der Waals surface area contributed by atoms with E-state index in [1.165, 1.54) is 0 Å². The molecule has 2 aromatic rings. The molecule has 0 aliphatic carbocycles. The van der Waals surface area contributed by atoms with Gasteiger partial charge in [-0.15, -0.1) is 15.3 Å². The highest BCUT2D eigenvalue weighted by molar-refractivity contribution is 5.04. The number of hydrogen-bond donors (Lipinski definition) is 2. The van der Waals surface area contributed by atoms with E-state index in [4.69, 9.17) is 5.11 Å². The predicted molar refractivity (Wildman–Crippen MR) is 70.7 cm³/mol. The Bertz CT molecular complexity index is 576. The van der Waals surface area contributed by atoms with E-state index in [2.05, 4.69) is 37.3 Å². The van der Waals surface area contributed by atoms with E-state index >= 15 is 0 Å². The van der Waals surface area contributed by atoms with Gasteiger partial charge in [-0.25, -0.2) is 4.68 Å². The number of hydrogen-bond acceptors (Lipinski definition) is 6. The summed E-state index contributed by atoms with van der Waals surface area (Å²) >= 11 is 0. The van der Waals surface area contributed by atoms with Crippen molar-refractivity contribution in [1.29, 1.82) is 0 Å². The number of rotatable bonds is 6. The summed E-state index contributed by atoms with van der Waals surface area (Å²) in [6.45, 7) is 4.25. The highest BCUT2D eigenvalue weighted by Crippen LogP contribution is 2.18. The molecule has 3 rings (SSSR count). The summed E-state index contributed by atoms with van der Waals surface area (Å²) in [5, 5.41) is 28.7. The third-order valence-electron chi connectivity index (χ3n) is 3.53. The van der Waals surface area contributed by atoms with Crippen LogP contribution in [0.2, 0.25) is 0 Å². The molecular formula is C12H19N7O. The molecule has 108 valence electrons. The van der Waals surface area contributed by atoms with Crippen molar-refractivity contribution in [3.8, 4) is 0 Å². The lowest BCUT2D eigenvalue weighted by Crippen LogP contribution is -2.21. The number of aliphatic hydroxyl groups is 1. The summed E-state index contributed by atoms with van der Waals surface area (Å²) in [7, 11) is 0. The molecule has 0 amide bonds. The van der Waals surface area contributed by atoms with Crippen molar-refractivity contribution in [2.45, 2.75) is 45.4 Å². The Kier molecular flexibility index (Phi) is 3.75. The van der Waals surface area contributed by atoms with Crippen LogP contribution in [0.3, 0.4) is 0 Å². The van der Waals surface area contributed by atoms with Crippen molar-refractivity contribution in [2.24, 2.45) is 0 Å². The summed E-state index contributed by atoms with van der Waals surface area (Å²) < 4.78 is 3.83. The van der Waals surface area contributed by atoms with Gasteiger partial charge in [-0.2, -0.15) is 0 Å². The van der Waals surface area contributed by atoms with Gasteiger partial charge < -0.3 is 15.0 Å². The summed E-state index contributed by atoms with van der Waals surface area (Å²) in [4.78, 5) is 0. The SMILES string of the molecule is CC(NCc1cn(CCO)nn1)c1nnc2n1CCC2. The van der Waals surface area contributed by atoms with Crippen molar-refractivity contribution < 1.29 is 5.11 Å². The summed E-state index contributed by atoms with van der Waals surface area (Å²) in [5.41, 5.74) is 0.853. The summed E-state index contributed by atoms with van der Waals surface area (Å²) in [6, 6.07) is 0.123. The second kappa shape index (κ2) is 5.68. The monoisotopic (exact) mass is 277 g/mol. The summed E-state index contributed by atoms with van der Waals surface area (Å²) in [6.07, 6.45) is 4.01. The van der Waals surface area contributed by atoms with Crippen LogP contribution in [0.4, 0.5) is 0 Å². The maximum absolute atomic E-state index is 8.84. The van der Waals surface area contributed by atoms with Crippen LogP contribution in [-0.2, 0) is 26.1 Å². The Balaban J connectivity index is 1.59. The number of nitrogens with one attached hydrogen (secondary N) is 1. The van der Waals surface area contributed by atoms with Crippen LogP contribution < -0.4 is 5.32 Å². The second-order valence-corrected chi connectivity index (χ2v) is 5.03. The molecule has 1 aliphatic rings. The fourth-order valence-electron chi connectivity index (χ4n) is 2.47. The maximum Gasteiger partial charge on any atom is 0.149 e. The van der Waals surface area contributed by atoms with Crippen molar-refractivity contribution in [2.75, 3.05) is 6.61 Å². The maximum atomic E-state index is 8.84. The van der Waals surface area contributed by atoms with E-state index in [1.807, 2.05) is 6.20 Å². The van der Waals surface area contributed by atoms with Gasteiger partial charge in [0, 0.05) is 25.7 Å². The first-order chi connectivity index (χ1) is 9.78. The van der Waals surface area contributed by atoms with Gasteiger partial charge in [0.05, 0.1) is 24.9 Å². The van der Waals surface area contributed by atoms with Crippen molar-refractivity contribution in [3.05, 3.63) is 23.5 Å². The molecule has 8 nitrogen and oxygen atoms in total. The van der Waals surface area contributed by atoms with Crippen molar-refractivity contribution in [1.82, 2.24) is 35.1 Å². The Morgan fingerprint density at radius 3 is 3.15 bits per heavy atom. The molecule has 8 heteroatoms. The summed E-state index contributed by atoms with van der Waals surface area (Å²) in [5.74, 6) is 2.07. The first-order valence-corrected chi connectivity index (χ1v) is 6.93. The average molecular weight is 277 g/mol. The lowest BCUT2D eigenvalue weighted by Gasteiger charge is -2.12. The van der Waals surface area contributed by atoms with E-state index in [1.54, 1.807) is 4.68 Å². The van der Waals surface area contributed by atoms with E-state index in [-0.39, 0.29) is 12.6 Å². The predicted octanol–water partition coefficient (Wildman–Crippen LogP) is -0.341. The molecule has 1 unspecified atom stereocenters. The van der Waals surface area contributed by atoms with Crippen LogP contribution in [0.25, 0.3) is 0 Å². The van der Waals surface area contributed by atoms with Gasteiger partial charge in [0.1, 0.15) is 11.6 Å². The smallest absolute Gasteiger partial charge is 0.149 e. The van der Waals surface area contributed by atoms with E-state index < -0.39 is 0 Å². The molecule has 0 saturated carbocycles. The number of aryl methyl sites for hydroxylation is 1. The normalized spacial score (nSPS) is 15.5. The van der Waals surface area contributed by atoms with Gasteiger partial charge in [0.15, 0.2) is 0 Å². The third-order valence-corrected chi connectivity index (χ3v) is 3.53. The molecule has 2 N–H and O–H groups in total. The fourth-order valence-corrected chi connectivity index (χ4v) is 2.47. The first kappa shape index (κ1) is 13.2. The van der Waals surface area contributed by atoms with Gasteiger partial charge in [-0.05, 0) is 13.3 Å². The minimum Gasteiger partial charge on any atom is -0.394 e. The van der Waals surface area contributed by atoms with Crippen LogP contribution in [0.5, 0.6) is 0 Å². The highest BCUT2D eigenvalue weighted by atomic mass is 16.3. The molecule has 0 fully saturated rings. The van der Waals surface area contributed by atoms with E-state index in [9.17, 15) is 0 Å². The lowest BCUT2D eigenvalue weighted by molar-refractivity contribution is 0.268. The minimum absolute atomic E-state index is 0.0680. The van der Waals surface area contributed by atoms with Crippen LogP contribution >= 0.6 is 0 Å². The number of fused-ring (bicyclic) bond motifs is 1. The van der Waals surface area contributed by atoms with E-state index in [0.717, 1.165) is 36.7 Å². The number of nitrogens with zero attached hydrogens (tertiary/aromatic N) is 6. The Hall–Kier alpha value is -1.80. The van der Waals surface area contributed by atoms with Crippen LogP contribution in [-0.4, -0.2) is 41.5 Å². The molecule has 0 bridgehead atoms. The van der Waals surface area contributed by atoms with Gasteiger partial charge >= 0.3 is 0 Å². The Morgan fingerprint density at radius 2 is 2.30 bits per heavy atom. The molecule has 1 atom stereocenters. The molecule has 0 spiro atoms. The molecule has 0 radical (unpaired) electrons. The van der Waals surface area contributed by atoms with Crippen LogP contribution in [0.1, 0.15) is 36.7 Å². The first-order valence-electron chi connectivity index (χ1n) is 6.93. The second-order valence-electron chi connectivity index (χ2n) is 5.03. The molecule has 1 aliphatic heterocycles. The molecule has 0 saturated heterocycles. The lowest BCUT2D eigenvalue weighted by atomic mass is 10.3. The molecule has 0 aromatic carbocycles. The largest absolute Gasteiger partial charge is 0.394 e. The topological polar surface area (TPSA) is 93.7 Å². The van der Waals surface area contributed by atoms with Gasteiger partial charge in [0.25, 0.3) is 0 Å². The van der Waals surface area contributed by atoms with Crippen LogP contribution in [0, 0.1) is 0 Å². The fraction of sp³-hybridized carbons (Fsp3) is 0.667. The molecular weight excluding hydrogens is 258 g/mol. The standard InChI is InChI=1S/C12H19N7O/c1-9(12-16-15-11-3-2-4-19(11)12)13-7-10-8-18(5-6-20)17-14-10/h8-9,13,20H,2-7H2,1H3. The zero-order valence-corrected chi connectivity index (χ0v) is 11.5. The average Bonchev–Trinajstić information content (AvgIpc) is 3.12. The van der Waals surface area contributed by atoms with E-state index in [0.29, 0.717) is 13.1 Å². The van der Waals surface area contributed by atoms with Crippen molar-refractivity contribution >= 4 is 0 Å². The van der Waals surface area contributed by atoms with Gasteiger partial charge in [-0.3, -0.25) is 0 Å². The minimum atomic E-state index is 0.0680. The zero-order valence-electron chi connectivity index (χ0n) is 11.5. The van der Waals surface area contributed by atoms with Gasteiger partial charge in [-0.1, -0.05) is 5.21 Å². The molecule has 2 aromatic heterocycles. The number of aliphatic hydroxyl groups excluding tert-OH is 1. The third kappa shape index (κ3) is 2.56. The zero-order chi connectivity index (χ0) is 13.9. The van der Waals surface area contributed by atoms with Crippen LogP contribution in [0.15, 0.2) is 6.20 Å². The molecule has 3 heterocycles. The van der Waals surface area contributed by atoms with Crippen molar-refractivity contribution in [3.63, 3.8) is 0 Å². The number of aromatic nitrogens is 6. The van der Waals surface area contributed by atoms with Gasteiger partial charge in [0.2, 0.25) is 0 Å². The Morgan fingerprint density at radius 1 is 1.40 bits per heavy atom. The quantitative estimate of drug-likeness (QED) is 0.750. The highest BCUT2D eigenvalue weighted by Gasteiger charge is 2.21.